The number of hydrogen-bond donors (Lipinski definition) is 0. The van der Waals surface area contributed by atoms with Gasteiger partial charge in [0.25, 0.3) is 0 Å². The van der Waals surface area contributed by atoms with Crippen LogP contribution in [-0.2, 0) is 19.1 Å². The average Bonchev–Trinajstić information content (AvgIpc) is 2.48. The number of carbonyl (C=O) groups excluding carboxylic acids is 2. The van der Waals surface area contributed by atoms with Gasteiger partial charge in [-0.3, -0.25) is 4.79 Å². The van der Waals surface area contributed by atoms with Gasteiger partial charge >= 0.3 is 11.9 Å². The van der Waals surface area contributed by atoms with E-state index in [4.69, 9.17) is 16.3 Å². The van der Waals surface area contributed by atoms with Crippen molar-refractivity contribution in [3.63, 3.8) is 0 Å². The van der Waals surface area contributed by atoms with Gasteiger partial charge in [0.15, 0.2) is 0 Å². The van der Waals surface area contributed by atoms with Crippen LogP contribution in [-0.4, -0.2) is 30.5 Å². The lowest BCUT2D eigenvalue weighted by Crippen LogP contribution is -2.16. The largest absolute Gasteiger partial charge is 0.462 e. The summed E-state index contributed by atoms with van der Waals surface area (Å²) in [5.41, 5.74) is 0. The maximum Gasteiger partial charge on any atom is 0.330 e. The number of esters is 2. The highest BCUT2D eigenvalue weighted by Crippen LogP contribution is 2.09. The van der Waals surface area contributed by atoms with Crippen molar-refractivity contribution in [3.8, 4) is 0 Å². The fourth-order valence-corrected chi connectivity index (χ4v) is 0.999. The number of allylic oxidation sites excluding steroid dienone is 1. The van der Waals surface area contributed by atoms with Crippen molar-refractivity contribution in [2.75, 3.05) is 12.5 Å². The van der Waals surface area contributed by atoms with Gasteiger partial charge in [0, 0.05) is 12.0 Å². The monoisotopic (exact) mass is 204 g/mol. The molecule has 0 amide bonds. The van der Waals surface area contributed by atoms with Crippen molar-refractivity contribution in [2.24, 2.45) is 0 Å². The first-order chi connectivity index (χ1) is 6.22. The van der Waals surface area contributed by atoms with Crippen LogP contribution < -0.4 is 0 Å². The van der Waals surface area contributed by atoms with Gasteiger partial charge in [-0.05, 0) is 0 Å². The summed E-state index contributed by atoms with van der Waals surface area (Å²) in [6.07, 6.45) is 2.40. The third-order valence-electron chi connectivity index (χ3n) is 1.45. The van der Waals surface area contributed by atoms with Gasteiger partial charge in [-0.2, -0.15) is 0 Å². The molecule has 1 saturated heterocycles. The minimum atomic E-state index is -0.496. The van der Waals surface area contributed by atoms with E-state index in [0.717, 1.165) is 0 Å². The Bertz CT molecular complexity index is 236. The zero-order chi connectivity index (χ0) is 9.68. The molecule has 0 spiro atoms. The average molecular weight is 205 g/mol. The van der Waals surface area contributed by atoms with Crippen molar-refractivity contribution in [1.29, 1.82) is 0 Å². The lowest BCUT2D eigenvalue weighted by atomic mass is 10.3. The van der Waals surface area contributed by atoms with E-state index >= 15 is 0 Å². The van der Waals surface area contributed by atoms with Crippen molar-refractivity contribution >= 4 is 23.5 Å². The van der Waals surface area contributed by atoms with Gasteiger partial charge in [-0.15, -0.1) is 11.6 Å². The van der Waals surface area contributed by atoms with Crippen molar-refractivity contribution in [3.05, 3.63) is 12.2 Å². The first-order valence-electron chi connectivity index (χ1n) is 3.81. The van der Waals surface area contributed by atoms with Crippen LogP contribution in [0.4, 0.5) is 0 Å². The van der Waals surface area contributed by atoms with E-state index in [1.807, 2.05) is 0 Å². The SMILES string of the molecule is O=C(/C=C/CCl)OC1COC(=O)C1. The minimum absolute atomic E-state index is 0.139. The molecule has 0 aromatic carbocycles. The zero-order valence-electron chi connectivity index (χ0n) is 6.86. The second-order valence-corrected chi connectivity index (χ2v) is 2.81. The molecule has 0 aliphatic carbocycles. The Kier molecular flexibility index (Phi) is 3.76. The molecule has 1 fully saturated rings. The summed E-state index contributed by atoms with van der Waals surface area (Å²) in [5.74, 6) is -0.571. The van der Waals surface area contributed by atoms with E-state index in [-0.39, 0.29) is 24.9 Å². The standard InChI is InChI=1S/C8H9ClO4/c9-3-1-2-7(10)13-6-4-8(11)12-5-6/h1-2,6H,3-5H2/b2-1+. The third kappa shape index (κ3) is 3.46. The van der Waals surface area contributed by atoms with Crippen LogP contribution in [0.3, 0.4) is 0 Å². The molecule has 1 aliphatic rings. The Morgan fingerprint density at radius 1 is 1.77 bits per heavy atom. The molecule has 13 heavy (non-hydrogen) atoms. The first-order valence-corrected chi connectivity index (χ1v) is 4.34. The van der Waals surface area contributed by atoms with Gasteiger partial charge in [-0.25, -0.2) is 4.79 Å². The van der Waals surface area contributed by atoms with E-state index in [9.17, 15) is 9.59 Å². The van der Waals surface area contributed by atoms with Crippen molar-refractivity contribution in [2.45, 2.75) is 12.5 Å². The molecule has 4 nitrogen and oxygen atoms in total. The molecule has 0 N–H and O–H groups in total. The van der Waals surface area contributed by atoms with Crippen LogP contribution in [0.5, 0.6) is 0 Å². The Balaban J connectivity index is 2.28. The number of hydrogen-bond acceptors (Lipinski definition) is 4. The fraction of sp³-hybridized carbons (Fsp3) is 0.500. The fourth-order valence-electron chi connectivity index (χ4n) is 0.910. The summed E-state index contributed by atoms with van der Waals surface area (Å²) in [6.45, 7) is 0.152. The van der Waals surface area contributed by atoms with Crippen molar-refractivity contribution in [1.82, 2.24) is 0 Å². The Hall–Kier alpha value is -1.03. The summed E-state index contributed by atoms with van der Waals surface area (Å²) < 4.78 is 9.46. The van der Waals surface area contributed by atoms with Gasteiger partial charge in [-0.1, -0.05) is 6.08 Å². The van der Waals surface area contributed by atoms with Crippen LogP contribution in [0, 0.1) is 0 Å². The molecule has 0 aromatic rings. The molecule has 0 saturated carbocycles. The molecule has 5 heteroatoms. The molecule has 1 atom stereocenters. The number of alkyl halides is 1. The summed E-state index contributed by atoms with van der Waals surface area (Å²) >= 11 is 5.31. The van der Waals surface area contributed by atoms with Crippen LogP contribution in [0.25, 0.3) is 0 Å². The molecule has 1 rings (SSSR count). The van der Waals surface area contributed by atoms with Gasteiger partial charge in [0.05, 0.1) is 6.42 Å². The predicted octanol–water partition coefficient (Wildman–Crippen LogP) is 0.640. The van der Waals surface area contributed by atoms with Crippen LogP contribution in [0.2, 0.25) is 0 Å². The van der Waals surface area contributed by atoms with Crippen LogP contribution in [0.15, 0.2) is 12.2 Å². The van der Waals surface area contributed by atoms with E-state index in [2.05, 4.69) is 4.74 Å². The van der Waals surface area contributed by atoms with Crippen LogP contribution >= 0.6 is 11.6 Å². The lowest BCUT2D eigenvalue weighted by Gasteiger charge is -2.05. The molecule has 0 radical (unpaired) electrons. The highest BCUT2D eigenvalue weighted by molar-refractivity contribution is 6.19. The minimum Gasteiger partial charge on any atom is -0.462 e. The number of halogens is 1. The smallest absolute Gasteiger partial charge is 0.330 e. The van der Waals surface area contributed by atoms with E-state index in [0.29, 0.717) is 0 Å². The van der Waals surface area contributed by atoms with Crippen molar-refractivity contribution < 1.29 is 19.1 Å². The number of cyclic esters (lactones) is 1. The normalized spacial score (nSPS) is 21.9. The van der Waals surface area contributed by atoms with E-state index in [1.165, 1.54) is 12.2 Å². The molecular weight excluding hydrogens is 196 g/mol. The summed E-state index contributed by atoms with van der Waals surface area (Å²) in [4.78, 5) is 21.5. The number of rotatable bonds is 3. The molecule has 72 valence electrons. The van der Waals surface area contributed by atoms with E-state index < -0.39 is 12.1 Å². The Labute approximate surface area is 80.5 Å². The van der Waals surface area contributed by atoms with E-state index in [1.54, 1.807) is 0 Å². The molecule has 1 aliphatic heterocycles. The Morgan fingerprint density at radius 3 is 3.08 bits per heavy atom. The summed E-state index contributed by atoms with van der Waals surface area (Å²) in [7, 11) is 0. The summed E-state index contributed by atoms with van der Waals surface area (Å²) in [5, 5.41) is 0. The number of carbonyl (C=O) groups is 2. The summed E-state index contributed by atoms with van der Waals surface area (Å²) in [6, 6.07) is 0. The van der Waals surface area contributed by atoms with Crippen LogP contribution in [0.1, 0.15) is 6.42 Å². The maximum absolute atomic E-state index is 10.9. The Morgan fingerprint density at radius 2 is 2.54 bits per heavy atom. The molecule has 1 unspecified atom stereocenters. The second kappa shape index (κ2) is 4.87. The quantitative estimate of drug-likeness (QED) is 0.385. The van der Waals surface area contributed by atoms with Gasteiger partial charge in [0.2, 0.25) is 0 Å². The molecular formula is C8H9ClO4. The van der Waals surface area contributed by atoms with Gasteiger partial charge < -0.3 is 9.47 Å². The zero-order valence-corrected chi connectivity index (χ0v) is 7.62. The first kappa shape index (κ1) is 10.1. The molecule has 0 bridgehead atoms. The highest BCUT2D eigenvalue weighted by Gasteiger charge is 2.26. The second-order valence-electron chi connectivity index (χ2n) is 2.50. The van der Waals surface area contributed by atoms with Gasteiger partial charge in [0.1, 0.15) is 12.7 Å². The maximum atomic E-state index is 10.9. The molecule has 1 heterocycles. The highest BCUT2D eigenvalue weighted by atomic mass is 35.5. The molecule has 0 aromatic heterocycles. The predicted molar refractivity (Wildman–Crippen MR) is 45.3 cm³/mol. The number of ether oxygens (including phenoxy) is 2. The third-order valence-corrected chi connectivity index (χ3v) is 1.63. The topological polar surface area (TPSA) is 52.6 Å². The lowest BCUT2D eigenvalue weighted by molar-refractivity contribution is -0.143.